The first kappa shape index (κ1) is 16.7. The van der Waals surface area contributed by atoms with Crippen molar-refractivity contribution in [2.45, 2.75) is 6.54 Å². The minimum Gasteiger partial charge on any atom is -0.382 e. The molecule has 0 aliphatic rings. The molecular formula is C18H16ClN5O. The van der Waals surface area contributed by atoms with E-state index in [4.69, 9.17) is 17.3 Å². The Bertz CT molecular complexity index is 886. The Morgan fingerprint density at radius 1 is 1.08 bits per heavy atom. The van der Waals surface area contributed by atoms with Crippen molar-refractivity contribution in [2.75, 3.05) is 16.4 Å². The molecule has 3 rings (SSSR count). The molecule has 1 aromatic heterocycles. The highest BCUT2D eigenvalue weighted by molar-refractivity contribution is 6.33. The van der Waals surface area contributed by atoms with Crippen LogP contribution < -0.4 is 16.4 Å². The second-order valence-electron chi connectivity index (χ2n) is 5.28. The third-order valence-corrected chi connectivity index (χ3v) is 3.81. The quantitative estimate of drug-likeness (QED) is 0.652. The molecule has 0 saturated carbocycles. The SMILES string of the molecule is Nc1nccnc1C(=O)Nc1ccc(NCc2ccccc2)c(Cl)c1. The average molecular weight is 354 g/mol. The van der Waals surface area contributed by atoms with Crippen molar-refractivity contribution in [3.8, 4) is 0 Å². The van der Waals surface area contributed by atoms with E-state index in [-0.39, 0.29) is 11.5 Å². The van der Waals surface area contributed by atoms with E-state index in [2.05, 4.69) is 20.6 Å². The molecular weight excluding hydrogens is 338 g/mol. The van der Waals surface area contributed by atoms with Crippen LogP contribution >= 0.6 is 11.6 Å². The van der Waals surface area contributed by atoms with E-state index < -0.39 is 5.91 Å². The van der Waals surface area contributed by atoms with Crippen LogP contribution in [0.3, 0.4) is 0 Å². The maximum Gasteiger partial charge on any atom is 0.278 e. The molecule has 0 unspecified atom stereocenters. The summed E-state index contributed by atoms with van der Waals surface area (Å²) in [5.41, 5.74) is 8.20. The van der Waals surface area contributed by atoms with Gasteiger partial charge in [-0.1, -0.05) is 41.9 Å². The normalized spacial score (nSPS) is 10.3. The van der Waals surface area contributed by atoms with Crippen LogP contribution in [0.2, 0.25) is 5.02 Å². The summed E-state index contributed by atoms with van der Waals surface area (Å²) < 4.78 is 0. The molecule has 0 aliphatic heterocycles. The third-order valence-electron chi connectivity index (χ3n) is 3.49. The van der Waals surface area contributed by atoms with Crippen molar-refractivity contribution >= 4 is 34.7 Å². The summed E-state index contributed by atoms with van der Waals surface area (Å²) in [7, 11) is 0. The number of amides is 1. The lowest BCUT2D eigenvalue weighted by atomic mass is 10.2. The number of halogens is 1. The Labute approximate surface area is 150 Å². The van der Waals surface area contributed by atoms with Crippen molar-refractivity contribution in [2.24, 2.45) is 0 Å². The number of carbonyl (C=O) groups excluding carboxylic acids is 1. The second-order valence-corrected chi connectivity index (χ2v) is 5.69. The predicted molar refractivity (Wildman–Crippen MR) is 99.6 cm³/mol. The summed E-state index contributed by atoms with van der Waals surface area (Å²) >= 11 is 6.29. The van der Waals surface area contributed by atoms with Crippen molar-refractivity contribution < 1.29 is 4.79 Å². The van der Waals surface area contributed by atoms with Gasteiger partial charge >= 0.3 is 0 Å². The van der Waals surface area contributed by atoms with Crippen molar-refractivity contribution in [3.05, 3.63) is 77.2 Å². The van der Waals surface area contributed by atoms with E-state index in [1.54, 1.807) is 18.2 Å². The van der Waals surface area contributed by atoms with E-state index in [0.29, 0.717) is 17.3 Å². The van der Waals surface area contributed by atoms with Crippen LogP contribution in [0.15, 0.2) is 60.9 Å². The zero-order valence-electron chi connectivity index (χ0n) is 13.2. The van der Waals surface area contributed by atoms with Crippen molar-refractivity contribution in [1.82, 2.24) is 9.97 Å². The van der Waals surface area contributed by atoms with Gasteiger partial charge in [0.25, 0.3) is 5.91 Å². The van der Waals surface area contributed by atoms with Crippen LogP contribution in [0, 0.1) is 0 Å². The number of nitrogen functional groups attached to an aromatic ring is 1. The van der Waals surface area contributed by atoms with E-state index in [9.17, 15) is 4.79 Å². The highest BCUT2D eigenvalue weighted by Crippen LogP contribution is 2.26. The molecule has 2 aromatic carbocycles. The Morgan fingerprint density at radius 3 is 2.56 bits per heavy atom. The largest absolute Gasteiger partial charge is 0.382 e. The summed E-state index contributed by atoms with van der Waals surface area (Å²) in [6.07, 6.45) is 2.84. The lowest BCUT2D eigenvalue weighted by Crippen LogP contribution is -2.16. The van der Waals surface area contributed by atoms with Crippen molar-refractivity contribution in [1.29, 1.82) is 0 Å². The van der Waals surface area contributed by atoms with E-state index in [1.807, 2.05) is 30.3 Å². The predicted octanol–water partition coefficient (Wildman–Crippen LogP) is 3.58. The standard InChI is InChI=1S/C18H16ClN5O/c19-14-10-13(24-18(25)16-17(20)22-9-8-21-16)6-7-15(14)23-11-12-4-2-1-3-5-12/h1-10,23H,11H2,(H2,20,22)(H,24,25). The molecule has 1 amide bonds. The van der Waals surface area contributed by atoms with Crippen LogP contribution in [0.5, 0.6) is 0 Å². The minimum atomic E-state index is -0.438. The Morgan fingerprint density at radius 2 is 1.84 bits per heavy atom. The number of nitrogens with two attached hydrogens (primary N) is 1. The first-order valence-corrected chi connectivity index (χ1v) is 7.96. The molecule has 0 spiro atoms. The fourth-order valence-corrected chi connectivity index (χ4v) is 2.49. The van der Waals surface area contributed by atoms with Crippen LogP contribution in [-0.4, -0.2) is 15.9 Å². The fourth-order valence-electron chi connectivity index (χ4n) is 2.24. The van der Waals surface area contributed by atoms with Gasteiger partial charge in [0.2, 0.25) is 0 Å². The molecule has 6 nitrogen and oxygen atoms in total. The van der Waals surface area contributed by atoms with Gasteiger partial charge in [0.05, 0.1) is 10.7 Å². The zero-order chi connectivity index (χ0) is 17.6. The Kier molecular flexibility index (Phi) is 5.11. The van der Waals surface area contributed by atoms with Crippen LogP contribution in [-0.2, 0) is 6.54 Å². The summed E-state index contributed by atoms with van der Waals surface area (Å²) in [6.45, 7) is 0.655. The number of nitrogens with zero attached hydrogens (tertiary/aromatic N) is 2. The van der Waals surface area contributed by atoms with Crippen LogP contribution in [0.4, 0.5) is 17.2 Å². The number of carbonyl (C=O) groups is 1. The summed E-state index contributed by atoms with van der Waals surface area (Å²) in [6, 6.07) is 15.2. The van der Waals surface area contributed by atoms with Gasteiger partial charge in [-0.05, 0) is 23.8 Å². The fraction of sp³-hybridized carbons (Fsp3) is 0.0556. The van der Waals surface area contributed by atoms with Gasteiger partial charge in [-0.3, -0.25) is 4.79 Å². The average Bonchev–Trinajstić information content (AvgIpc) is 2.62. The zero-order valence-corrected chi connectivity index (χ0v) is 14.0. The number of rotatable bonds is 5. The van der Waals surface area contributed by atoms with Crippen molar-refractivity contribution in [3.63, 3.8) is 0 Å². The molecule has 1 heterocycles. The smallest absolute Gasteiger partial charge is 0.278 e. The summed E-state index contributed by atoms with van der Waals surface area (Å²) in [5.74, 6) is -0.362. The van der Waals surface area contributed by atoms with Gasteiger partial charge in [-0.15, -0.1) is 0 Å². The minimum absolute atomic E-state index is 0.0740. The monoisotopic (exact) mass is 353 g/mol. The molecule has 3 aromatic rings. The number of benzene rings is 2. The highest BCUT2D eigenvalue weighted by atomic mass is 35.5. The lowest BCUT2D eigenvalue weighted by Gasteiger charge is -2.11. The summed E-state index contributed by atoms with van der Waals surface area (Å²) in [5, 5.41) is 6.47. The van der Waals surface area contributed by atoms with E-state index in [1.165, 1.54) is 12.4 Å². The first-order valence-electron chi connectivity index (χ1n) is 7.58. The number of nitrogens with one attached hydrogen (secondary N) is 2. The van der Waals surface area contributed by atoms with E-state index >= 15 is 0 Å². The number of aromatic nitrogens is 2. The van der Waals surface area contributed by atoms with E-state index in [0.717, 1.165) is 11.3 Å². The molecule has 0 radical (unpaired) electrons. The van der Waals surface area contributed by atoms with Gasteiger partial charge in [0, 0.05) is 24.6 Å². The third kappa shape index (κ3) is 4.24. The maximum absolute atomic E-state index is 12.2. The molecule has 25 heavy (non-hydrogen) atoms. The second kappa shape index (κ2) is 7.63. The van der Waals surface area contributed by atoms with Gasteiger partial charge in [-0.2, -0.15) is 0 Å². The molecule has 0 fully saturated rings. The molecule has 0 aliphatic carbocycles. The Balaban J connectivity index is 1.67. The molecule has 4 N–H and O–H groups in total. The van der Waals surface area contributed by atoms with Gasteiger partial charge in [-0.25, -0.2) is 9.97 Å². The van der Waals surface area contributed by atoms with Crippen LogP contribution in [0.25, 0.3) is 0 Å². The number of anilines is 3. The molecule has 126 valence electrons. The Hall–Kier alpha value is -3.12. The van der Waals surface area contributed by atoms with Gasteiger partial charge in [0.15, 0.2) is 11.5 Å². The molecule has 0 bridgehead atoms. The summed E-state index contributed by atoms with van der Waals surface area (Å²) in [4.78, 5) is 20.0. The highest BCUT2D eigenvalue weighted by Gasteiger charge is 2.13. The van der Waals surface area contributed by atoms with Gasteiger partial charge in [0.1, 0.15) is 0 Å². The van der Waals surface area contributed by atoms with Gasteiger partial charge < -0.3 is 16.4 Å². The molecule has 0 saturated heterocycles. The molecule has 7 heteroatoms. The van der Waals surface area contributed by atoms with Crippen LogP contribution in [0.1, 0.15) is 16.1 Å². The molecule has 0 atom stereocenters. The topological polar surface area (TPSA) is 92.9 Å². The number of hydrogen-bond donors (Lipinski definition) is 3. The number of hydrogen-bond acceptors (Lipinski definition) is 5. The first-order chi connectivity index (χ1) is 12.1. The lowest BCUT2D eigenvalue weighted by molar-refractivity contribution is 0.102. The maximum atomic E-state index is 12.2.